The number of nitrogens with zero attached hydrogens (tertiary/aromatic N) is 4. The van der Waals surface area contributed by atoms with Crippen molar-refractivity contribution >= 4 is 33.1 Å². The van der Waals surface area contributed by atoms with Crippen LogP contribution in [0.2, 0.25) is 0 Å². The van der Waals surface area contributed by atoms with Gasteiger partial charge in [0.15, 0.2) is 5.65 Å². The maximum Gasteiger partial charge on any atom is 0.264 e. The number of amides is 1. The Balaban J connectivity index is 1.55. The zero-order valence-electron chi connectivity index (χ0n) is 18.4. The van der Waals surface area contributed by atoms with Gasteiger partial charge in [-0.1, -0.05) is 13.8 Å². The van der Waals surface area contributed by atoms with Gasteiger partial charge in [-0.05, 0) is 55.5 Å². The molecule has 1 aliphatic rings. The van der Waals surface area contributed by atoms with Crippen LogP contribution in [0.3, 0.4) is 0 Å². The number of aromatic amines is 1. The van der Waals surface area contributed by atoms with E-state index >= 15 is 0 Å². The molecule has 1 saturated heterocycles. The molecule has 0 aliphatic carbocycles. The smallest absolute Gasteiger partial charge is 0.264 e. The monoisotopic (exact) mass is 436 g/mol. The summed E-state index contributed by atoms with van der Waals surface area (Å²) in [7, 11) is 1.93. The largest absolute Gasteiger partial charge is 0.354 e. The van der Waals surface area contributed by atoms with Crippen molar-refractivity contribution in [3.8, 4) is 11.3 Å². The van der Waals surface area contributed by atoms with Crippen molar-refractivity contribution in [2.45, 2.75) is 45.6 Å². The number of rotatable bonds is 4. The highest BCUT2D eigenvalue weighted by molar-refractivity contribution is 7.21. The van der Waals surface area contributed by atoms with Crippen molar-refractivity contribution in [3.05, 3.63) is 40.7 Å². The van der Waals surface area contributed by atoms with E-state index in [1.807, 2.05) is 28.7 Å². The molecule has 5 rings (SSSR count). The van der Waals surface area contributed by atoms with Crippen LogP contribution in [0.25, 0.3) is 27.1 Å². The van der Waals surface area contributed by atoms with Crippen LogP contribution in [0, 0.1) is 6.92 Å². The second-order valence-electron chi connectivity index (χ2n) is 8.78. The fraction of sp³-hybridized carbons (Fsp3) is 0.435. The first-order chi connectivity index (χ1) is 14.9. The number of H-pyrrole nitrogens is 1. The van der Waals surface area contributed by atoms with E-state index in [0.29, 0.717) is 5.92 Å². The summed E-state index contributed by atoms with van der Waals surface area (Å²) in [5, 5.41) is 7.72. The van der Waals surface area contributed by atoms with E-state index in [2.05, 4.69) is 47.2 Å². The minimum atomic E-state index is 0.111. The summed E-state index contributed by atoms with van der Waals surface area (Å²) in [5.74, 6) is 0.428. The SMILES string of the molecule is Cc1cc(-c2[nH]c3cc(C(=O)N(C)[C@H]4CCCNC4)sc3c2C(C)C)cn2ncnc12. The zero-order chi connectivity index (χ0) is 21.7. The van der Waals surface area contributed by atoms with Crippen molar-refractivity contribution in [2.75, 3.05) is 20.1 Å². The van der Waals surface area contributed by atoms with Gasteiger partial charge in [0.25, 0.3) is 5.91 Å². The van der Waals surface area contributed by atoms with Gasteiger partial charge in [-0.2, -0.15) is 5.10 Å². The van der Waals surface area contributed by atoms with Gasteiger partial charge < -0.3 is 15.2 Å². The van der Waals surface area contributed by atoms with E-state index < -0.39 is 0 Å². The lowest BCUT2D eigenvalue weighted by Crippen LogP contribution is -2.46. The van der Waals surface area contributed by atoms with Gasteiger partial charge in [0, 0.05) is 31.4 Å². The molecule has 2 N–H and O–H groups in total. The molecule has 5 heterocycles. The summed E-state index contributed by atoms with van der Waals surface area (Å²) < 4.78 is 2.99. The molecule has 7 nitrogen and oxygen atoms in total. The van der Waals surface area contributed by atoms with Crippen molar-refractivity contribution in [3.63, 3.8) is 0 Å². The number of carbonyl (C=O) groups is 1. The Labute approximate surface area is 185 Å². The molecule has 1 amide bonds. The molecule has 0 saturated carbocycles. The molecule has 8 heteroatoms. The summed E-state index contributed by atoms with van der Waals surface area (Å²) >= 11 is 1.60. The Hall–Kier alpha value is -2.71. The van der Waals surface area contributed by atoms with Gasteiger partial charge in [-0.15, -0.1) is 11.3 Å². The maximum atomic E-state index is 13.2. The summed E-state index contributed by atoms with van der Waals surface area (Å²) in [6.45, 7) is 8.38. The van der Waals surface area contributed by atoms with Gasteiger partial charge in [0.05, 0.1) is 20.8 Å². The lowest BCUT2D eigenvalue weighted by molar-refractivity contribution is 0.0713. The normalized spacial score (nSPS) is 17.1. The molecule has 4 aromatic heterocycles. The fourth-order valence-electron chi connectivity index (χ4n) is 4.62. The lowest BCUT2D eigenvalue weighted by atomic mass is 9.99. The third-order valence-corrected chi connectivity index (χ3v) is 7.44. The number of hydrogen-bond donors (Lipinski definition) is 2. The van der Waals surface area contributed by atoms with E-state index in [4.69, 9.17) is 0 Å². The zero-order valence-corrected chi connectivity index (χ0v) is 19.2. The Bertz CT molecular complexity index is 1260. The minimum Gasteiger partial charge on any atom is -0.354 e. The highest BCUT2D eigenvalue weighted by Crippen LogP contribution is 2.40. The molecule has 1 atom stereocenters. The van der Waals surface area contributed by atoms with Crippen LogP contribution >= 0.6 is 11.3 Å². The van der Waals surface area contributed by atoms with Crippen molar-refractivity contribution in [1.82, 2.24) is 29.8 Å². The Morgan fingerprint density at radius 1 is 1.35 bits per heavy atom. The topological polar surface area (TPSA) is 78.3 Å². The molecule has 0 bridgehead atoms. The van der Waals surface area contributed by atoms with Crippen molar-refractivity contribution in [2.24, 2.45) is 0 Å². The van der Waals surface area contributed by atoms with Crippen molar-refractivity contribution in [1.29, 1.82) is 0 Å². The number of fused-ring (bicyclic) bond motifs is 2. The van der Waals surface area contributed by atoms with Crippen LogP contribution in [-0.2, 0) is 0 Å². The highest BCUT2D eigenvalue weighted by Gasteiger charge is 2.26. The number of thiophene rings is 1. The number of likely N-dealkylation sites (N-methyl/N-ethyl adjacent to an activating group) is 1. The predicted molar refractivity (Wildman–Crippen MR) is 125 cm³/mol. The fourth-order valence-corrected chi connectivity index (χ4v) is 5.91. The van der Waals surface area contributed by atoms with Crippen LogP contribution < -0.4 is 5.32 Å². The van der Waals surface area contributed by atoms with Crippen LogP contribution in [0.5, 0.6) is 0 Å². The maximum absolute atomic E-state index is 13.2. The molecule has 0 aromatic carbocycles. The van der Waals surface area contributed by atoms with Gasteiger partial charge in [-0.3, -0.25) is 4.79 Å². The molecule has 0 spiro atoms. The van der Waals surface area contributed by atoms with E-state index in [9.17, 15) is 4.79 Å². The van der Waals surface area contributed by atoms with E-state index in [1.54, 1.807) is 17.7 Å². The quantitative estimate of drug-likeness (QED) is 0.503. The molecule has 31 heavy (non-hydrogen) atoms. The van der Waals surface area contributed by atoms with E-state index in [-0.39, 0.29) is 11.9 Å². The second-order valence-corrected chi connectivity index (χ2v) is 9.83. The summed E-state index contributed by atoms with van der Waals surface area (Å²) in [6.07, 6.45) is 5.78. The Morgan fingerprint density at radius 2 is 2.19 bits per heavy atom. The molecular weight excluding hydrogens is 408 g/mol. The average Bonchev–Trinajstić information content (AvgIpc) is 3.47. The number of aryl methyl sites for hydroxylation is 1. The predicted octanol–water partition coefficient (Wildman–Crippen LogP) is 4.19. The molecule has 4 aromatic rings. The standard InChI is InChI=1S/C23H28N6OS/c1-13(2)19-20(15-8-14(3)22-25-12-26-29(22)11-15)27-17-9-18(31-21(17)19)23(30)28(4)16-6-5-7-24-10-16/h8-9,11-13,16,24,27H,5-7,10H2,1-4H3/t16-/m0/s1. The lowest BCUT2D eigenvalue weighted by Gasteiger charge is -2.31. The molecule has 1 fully saturated rings. The van der Waals surface area contributed by atoms with Crippen LogP contribution in [-0.4, -0.2) is 56.6 Å². The summed E-state index contributed by atoms with van der Waals surface area (Å²) in [6, 6.07) is 4.44. The number of aromatic nitrogens is 4. The first-order valence-electron chi connectivity index (χ1n) is 10.9. The Kier molecular flexibility index (Phi) is 5.06. The average molecular weight is 437 g/mol. The van der Waals surface area contributed by atoms with Crippen LogP contribution in [0.15, 0.2) is 24.7 Å². The van der Waals surface area contributed by atoms with Gasteiger partial charge >= 0.3 is 0 Å². The second kappa shape index (κ2) is 7.76. The highest BCUT2D eigenvalue weighted by atomic mass is 32.1. The van der Waals surface area contributed by atoms with Crippen LogP contribution in [0.4, 0.5) is 0 Å². The van der Waals surface area contributed by atoms with Gasteiger partial charge in [-0.25, -0.2) is 9.50 Å². The van der Waals surface area contributed by atoms with Gasteiger partial charge in [0.2, 0.25) is 0 Å². The van der Waals surface area contributed by atoms with E-state index in [1.165, 1.54) is 10.3 Å². The number of carbonyl (C=O) groups excluding carboxylic acids is 1. The third kappa shape index (κ3) is 3.43. The number of hydrogen-bond acceptors (Lipinski definition) is 5. The molecule has 0 unspecified atom stereocenters. The van der Waals surface area contributed by atoms with E-state index in [0.717, 1.165) is 58.8 Å². The third-order valence-electron chi connectivity index (χ3n) is 6.28. The molecule has 162 valence electrons. The molecule has 1 aliphatic heterocycles. The summed E-state index contributed by atoms with van der Waals surface area (Å²) in [5.41, 5.74) is 6.41. The molecular formula is C23H28N6OS. The number of pyridine rings is 1. The molecule has 0 radical (unpaired) electrons. The minimum absolute atomic E-state index is 0.111. The van der Waals surface area contributed by atoms with Crippen LogP contribution in [0.1, 0.15) is 53.4 Å². The summed E-state index contributed by atoms with van der Waals surface area (Å²) in [4.78, 5) is 23.8. The Morgan fingerprint density at radius 3 is 2.94 bits per heavy atom. The first-order valence-corrected chi connectivity index (χ1v) is 11.7. The number of piperidine rings is 1. The first kappa shape index (κ1) is 20.2. The number of nitrogens with one attached hydrogen (secondary N) is 2. The van der Waals surface area contributed by atoms with Crippen molar-refractivity contribution < 1.29 is 4.79 Å². The van der Waals surface area contributed by atoms with Gasteiger partial charge in [0.1, 0.15) is 6.33 Å².